The lowest BCUT2D eigenvalue weighted by Crippen LogP contribution is -2.36. The van der Waals surface area contributed by atoms with Gasteiger partial charge in [0.25, 0.3) is 11.9 Å². The normalized spacial score (nSPS) is 13.7. The van der Waals surface area contributed by atoms with Crippen molar-refractivity contribution in [2.75, 3.05) is 36.5 Å². The number of amides is 1. The number of morpholine rings is 1. The first kappa shape index (κ1) is 23.1. The summed E-state index contributed by atoms with van der Waals surface area (Å²) in [4.78, 5) is 32.5. The van der Waals surface area contributed by atoms with Gasteiger partial charge in [0.1, 0.15) is 16.9 Å². The first-order valence-electron chi connectivity index (χ1n) is 12.8. The number of benzene rings is 2. The van der Waals surface area contributed by atoms with Crippen LogP contribution in [0.2, 0.25) is 0 Å². The van der Waals surface area contributed by atoms with Crippen molar-refractivity contribution >= 4 is 39.7 Å². The van der Waals surface area contributed by atoms with E-state index in [0.717, 1.165) is 46.3 Å². The van der Waals surface area contributed by atoms with Crippen LogP contribution in [-0.2, 0) is 4.74 Å². The number of hydrogen-bond acceptors (Lipinski definition) is 7. The number of pyridine rings is 2. The van der Waals surface area contributed by atoms with Gasteiger partial charge in [0, 0.05) is 48.1 Å². The number of fused-ring (bicyclic) bond motifs is 2. The van der Waals surface area contributed by atoms with Crippen molar-refractivity contribution in [3.05, 3.63) is 90.9 Å². The molecule has 0 aliphatic carbocycles. The number of ether oxygens (including phenoxy) is 1. The van der Waals surface area contributed by atoms with E-state index in [1.54, 1.807) is 12.3 Å². The fraction of sp³-hybridized carbons (Fsp3) is 0.133. The third-order valence-electron chi connectivity index (χ3n) is 6.81. The minimum atomic E-state index is -0.322. The SMILES string of the molecule is O=C(Nc1cc2oc(N3CCOCC3)nc2cc1-c1ccccc1)c1cccc(-c2cnc3[nH]ccc3c2)n1. The van der Waals surface area contributed by atoms with Gasteiger partial charge in [0.15, 0.2) is 5.58 Å². The van der Waals surface area contributed by atoms with Crippen molar-refractivity contribution in [1.82, 2.24) is 19.9 Å². The largest absolute Gasteiger partial charge is 0.423 e. The smallest absolute Gasteiger partial charge is 0.298 e. The third-order valence-corrected chi connectivity index (χ3v) is 6.81. The summed E-state index contributed by atoms with van der Waals surface area (Å²) in [6, 6.07) is 23.6. The quantitative estimate of drug-likeness (QED) is 0.310. The molecule has 1 aliphatic rings. The number of carbonyl (C=O) groups is 1. The Bertz CT molecular complexity index is 1800. The van der Waals surface area contributed by atoms with Crippen molar-refractivity contribution in [2.24, 2.45) is 0 Å². The predicted molar refractivity (Wildman–Crippen MR) is 150 cm³/mol. The Kier molecular flexibility index (Phi) is 5.75. The Hall–Kier alpha value is -5.02. The number of oxazole rings is 1. The van der Waals surface area contributed by atoms with E-state index in [4.69, 9.17) is 14.1 Å². The molecule has 6 aromatic rings. The van der Waals surface area contributed by atoms with Crippen LogP contribution in [0.4, 0.5) is 11.7 Å². The number of aromatic nitrogens is 4. The third kappa shape index (κ3) is 4.49. The van der Waals surface area contributed by atoms with E-state index >= 15 is 0 Å². The summed E-state index contributed by atoms with van der Waals surface area (Å²) in [5, 5.41) is 4.05. The van der Waals surface area contributed by atoms with Gasteiger partial charge in [-0.3, -0.25) is 4.79 Å². The van der Waals surface area contributed by atoms with Crippen LogP contribution in [0.5, 0.6) is 0 Å². The number of aromatic amines is 1. The highest BCUT2D eigenvalue weighted by Crippen LogP contribution is 2.35. The molecule has 7 rings (SSSR count). The maximum Gasteiger partial charge on any atom is 0.298 e. The molecule has 0 spiro atoms. The van der Waals surface area contributed by atoms with E-state index in [2.05, 4.69) is 25.2 Å². The lowest BCUT2D eigenvalue weighted by atomic mass is 10.0. The minimum Gasteiger partial charge on any atom is -0.423 e. The van der Waals surface area contributed by atoms with Crippen molar-refractivity contribution in [3.63, 3.8) is 0 Å². The van der Waals surface area contributed by atoms with Crippen molar-refractivity contribution in [3.8, 4) is 22.4 Å². The van der Waals surface area contributed by atoms with Gasteiger partial charge in [0.05, 0.1) is 24.6 Å². The molecule has 1 aliphatic heterocycles. The van der Waals surface area contributed by atoms with Gasteiger partial charge in [-0.05, 0) is 35.9 Å². The molecule has 9 heteroatoms. The number of nitrogens with zero attached hydrogens (tertiary/aromatic N) is 4. The topological polar surface area (TPSA) is 109 Å². The van der Waals surface area contributed by atoms with Crippen LogP contribution < -0.4 is 10.2 Å². The molecule has 39 heavy (non-hydrogen) atoms. The fourth-order valence-electron chi connectivity index (χ4n) is 4.80. The van der Waals surface area contributed by atoms with E-state index in [-0.39, 0.29) is 5.91 Å². The highest BCUT2D eigenvalue weighted by molar-refractivity contribution is 6.07. The minimum absolute atomic E-state index is 0.298. The summed E-state index contributed by atoms with van der Waals surface area (Å²) in [6.07, 6.45) is 3.60. The van der Waals surface area contributed by atoms with E-state index in [1.807, 2.05) is 72.9 Å². The molecule has 1 saturated heterocycles. The van der Waals surface area contributed by atoms with Gasteiger partial charge >= 0.3 is 0 Å². The molecule has 9 nitrogen and oxygen atoms in total. The second-order valence-corrected chi connectivity index (χ2v) is 9.33. The molecule has 0 unspecified atom stereocenters. The summed E-state index contributed by atoms with van der Waals surface area (Å²) < 4.78 is 11.6. The summed E-state index contributed by atoms with van der Waals surface area (Å²) in [5.41, 5.74) is 6.34. The van der Waals surface area contributed by atoms with E-state index < -0.39 is 0 Å². The van der Waals surface area contributed by atoms with Gasteiger partial charge in [0.2, 0.25) is 0 Å². The second-order valence-electron chi connectivity index (χ2n) is 9.33. The number of anilines is 2. The molecule has 192 valence electrons. The lowest BCUT2D eigenvalue weighted by Gasteiger charge is -2.24. The number of carbonyl (C=O) groups excluding carboxylic acids is 1. The maximum atomic E-state index is 13.5. The first-order chi connectivity index (χ1) is 19.2. The van der Waals surface area contributed by atoms with Crippen LogP contribution >= 0.6 is 0 Å². The van der Waals surface area contributed by atoms with Crippen LogP contribution in [-0.4, -0.2) is 52.1 Å². The summed E-state index contributed by atoms with van der Waals surface area (Å²) in [6.45, 7) is 2.71. The van der Waals surface area contributed by atoms with Crippen LogP contribution in [0.1, 0.15) is 10.5 Å². The van der Waals surface area contributed by atoms with Crippen molar-refractivity contribution in [2.45, 2.75) is 0 Å². The second kappa shape index (κ2) is 9.70. The highest BCUT2D eigenvalue weighted by Gasteiger charge is 2.20. The van der Waals surface area contributed by atoms with Crippen LogP contribution in [0, 0.1) is 0 Å². The van der Waals surface area contributed by atoms with Gasteiger partial charge in [-0.25, -0.2) is 9.97 Å². The first-order valence-corrected chi connectivity index (χ1v) is 12.8. The fourth-order valence-corrected chi connectivity index (χ4v) is 4.80. The zero-order valence-electron chi connectivity index (χ0n) is 20.9. The Labute approximate surface area is 223 Å². The van der Waals surface area contributed by atoms with E-state index in [0.29, 0.717) is 41.9 Å². The molecule has 2 aromatic carbocycles. The zero-order chi connectivity index (χ0) is 26.2. The Morgan fingerprint density at radius 1 is 0.923 bits per heavy atom. The Balaban J connectivity index is 1.24. The van der Waals surface area contributed by atoms with Crippen LogP contribution in [0.15, 0.2) is 89.6 Å². The van der Waals surface area contributed by atoms with Crippen LogP contribution in [0.3, 0.4) is 0 Å². The van der Waals surface area contributed by atoms with E-state index in [9.17, 15) is 4.79 Å². The molecule has 0 radical (unpaired) electrons. The zero-order valence-corrected chi connectivity index (χ0v) is 20.9. The lowest BCUT2D eigenvalue weighted by molar-refractivity contribution is 0.102. The standard InChI is InChI=1S/C30H24N6O3/c37-29(24-8-4-7-23(33-24)21-15-20-9-10-31-28(20)32-18-21)34-25-17-27-26(16-22(25)19-5-2-1-3-6-19)35-30(39-27)36-11-13-38-14-12-36/h1-10,15-18H,11-14H2,(H,31,32)(H,34,37). The molecule has 1 fully saturated rings. The Morgan fingerprint density at radius 3 is 2.67 bits per heavy atom. The molecular formula is C30H24N6O3. The molecular weight excluding hydrogens is 492 g/mol. The van der Waals surface area contributed by atoms with Crippen molar-refractivity contribution in [1.29, 1.82) is 0 Å². The monoisotopic (exact) mass is 516 g/mol. The molecule has 5 heterocycles. The predicted octanol–water partition coefficient (Wildman–Crippen LogP) is 5.52. The molecule has 2 N–H and O–H groups in total. The number of hydrogen-bond donors (Lipinski definition) is 2. The number of H-pyrrole nitrogens is 1. The number of nitrogens with one attached hydrogen (secondary N) is 2. The van der Waals surface area contributed by atoms with Crippen molar-refractivity contribution < 1.29 is 13.9 Å². The molecule has 1 amide bonds. The van der Waals surface area contributed by atoms with Crippen LogP contribution in [0.25, 0.3) is 44.5 Å². The molecule has 0 bridgehead atoms. The van der Waals surface area contributed by atoms with Gasteiger partial charge < -0.3 is 24.4 Å². The summed E-state index contributed by atoms with van der Waals surface area (Å²) >= 11 is 0. The average molecular weight is 517 g/mol. The molecule has 0 saturated carbocycles. The molecule has 4 aromatic heterocycles. The maximum absolute atomic E-state index is 13.5. The molecule has 0 atom stereocenters. The average Bonchev–Trinajstić information content (AvgIpc) is 3.64. The van der Waals surface area contributed by atoms with Gasteiger partial charge in [-0.2, -0.15) is 4.98 Å². The summed E-state index contributed by atoms with van der Waals surface area (Å²) in [7, 11) is 0. The van der Waals surface area contributed by atoms with Gasteiger partial charge in [-0.15, -0.1) is 0 Å². The highest BCUT2D eigenvalue weighted by atomic mass is 16.5. The number of rotatable bonds is 5. The van der Waals surface area contributed by atoms with E-state index in [1.165, 1.54) is 0 Å². The Morgan fingerprint density at radius 2 is 1.79 bits per heavy atom. The van der Waals surface area contributed by atoms with Gasteiger partial charge in [-0.1, -0.05) is 36.4 Å². The summed E-state index contributed by atoms with van der Waals surface area (Å²) in [5.74, 6) is -0.322.